The number of nitrogens with zero attached hydrogens (tertiary/aromatic N) is 4. The predicted molar refractivity (Wildman–Crippen MR) is 215 cm³/mol. The summed E-state index contributed by atoms with van der Waals surface area (Å²) in [6, 6.07) is 55.9. The van der Waals surface area contributed by atoms with E-state index in [9.17, 15) is 0 Å². The van der Waals surface area contributed by atoms with Gasteiger partial charge in [0.1, 0.15) is 40.9 Å². The van der Waals surface area contributed by atoms with Crippen molar-refractivity contribution < 1.29 is 17.1 Å². The van der Waals surface area contributed by atoms with Crippen molar-refractivity contribution in [3.63, 3.8) is 0 Å². The first-order chi connectivity index (χ1) is 24.1. The Balaban J connectivity index is 0.00000486. The molecular formula is C40H34CuN6PS2+. The molecular weight excluding hydrogens is 723 g/mol. The van der Waals surface area contributed by atoms with Gasteiger partial charge in [0, 0.05) is 23.3 Å². The molecule has 50 heavy (non-hydrogen) atoms. The first-order valence-corrected chi connectivity index (χ1v) is 18.5. The van der Waals surface area contributed by atoms with Crippen molar-refractivity contribution in [2.24, 2.45) is 20.4 Å². The van der Waals surface area contributed by atoms with E-state index >= 15 is 0 Å². The molecule has 1 radical (unpaired) electrons. The molecule has 0 unspecified atom stereocenters. The molecule has 0 amide bonds. The molecule has 10 heteroatoms. The number of fused-ring (bicyclic) bond motifs is 1. The van der Waals surface area contributed by atoms with Crippen LogP contribution in [0.5, 0.6) is 0 Å². The summed E-state index contributed by atoms with van der Waals surface area (Å²) in [7, 11) is -0.483. The Labute approximate surface area is 315 Å². The minimum absolute atomic E-state index is 0. The van der Waals surface area contributed by atoms with Crippen LogP contribution in [0.2, 0.25) is 0 Å². The first-order valence-electron chi connectivity index (χ1n) is 15.8. The van der Waals surface area contributed by atoms with Crippen LogP contribution in [0.15, 0.2) is 184 Å². The van der Waals surface area contributed by atoms with Gasteiger partial charge in [-0.3, -0.25) is 0 Å². The minimum atomic E-state index is -2.20. The molecule has 6 rings (SSSR count). The molecule has 0 heterocycles. The summed E-state index contributed by atoms with van der Waals surface area (Å²) in [6.07, 6.45) is 0.555. The first kappa shape index (κ1) is 36.5. The van der Waals surface area contributed by atoms with Crippen molar-refractivity contribution in [1.82, 2.24) is 10.6 Å². The van der Waals surface area contributed by atoms with Crippen LogP contribution < -0.4 is 26.5 Å². The molecule has 251 valence electrons. The summed E-state index contributed by atoms with van der Waals surface area (Å²) in [5.74, 6) is 0. The van der Waals surface area contributed by atoms with Crippen LogP contribution in [-0.2, 0) is 42.3 Å². The van der Waals surface area contributed by atoms with E-state index in [4.69, 9.17) is 30.4 Å². The van der Waals surface area contributed by atoms with Crippen LogP contribution in [0.1, 0.15) is 11.1 Å². The molecule has 0 spiro atoms. The second-order valence-corrected chi connectivity index (χ2v) is 15.3. The predicted octanol–water partition coefficient (Wildman–Crippen LogP) is 6.51. The van der Waals surface area contributed by atoms with Crippen molar-refractivity contribution >= 4 is 81.0 Å². The Kier molecular flexibility index (Phi) is 13.0. The average molecular weight is 757 g/mol. The number of benzene rings is 6. The summed E-state index contributed by atoms with van der Waals surface area (Å²) < 4.78 is 0. The van der Waals surface area contributed by atoms with Gasteiger partial charge >= 0.3 is 17.1 Å². The van der Waals surface area contributed by atoms with E-state index in [0.717, 1.165) is 21.9 Å². The second-order valence-electron chi connectivity index (χ2n) is 11.0. The van der Waals surface area contributed by atoms with Gasteiger partial charge in [-0.1, -0.05) is 127 Å². The van der Waals surface area contributed by atoms with E-state index in [1.54, 1.807) is 7.05 Å². The van der Waals surface area contributed by atoms with E-state index in [1.807, 2.05) is 72.8 Å². The second kappa shape index (κ2) is 17.8. The summed E-state index contributed by atoms with van der Waals surface area (Å²) in [5.41, 5.74) is 2.69. The molecule has 6 aromatic carbocycles. The van der Waals surface area contributed by atoms with Gasteiger partial charge in [0.15, 0.2) is 0 Å². The maximum atomic E-state index is 5.88. The minimum Gasteiger partial charge on any atom is -0.741 e. The fraction of sp³-hybridized carbons (Fsp3) is 0.0500. The van der Waals surface area contributed by atoms with E-state index < -0.39 is 7.26 Å². The summed E-state index contributed by atoms with van der Waals surface area (Å²) in [4.78, 5) is 0. The zero-order valence-corrected chi connectivity index (χ0v) is 30.6. The molecule has 0 aliphatic carbocycles. The molecule has 0 fully saturated rings. The molecule has 0 aliphatic heterocycles. The zero-order chi connectivity index (χ0) is 33.9. The maximum Gasteiger partial charge on any atom is 2.00 e. The van der Waals surface area contributed by atoms with E-state index in [0.29, 0.717) is 17.7 Å². The topological polar surface area (TPSA) is 73.5 Å². The van der Waals surface area contributed by atoms with Gasteiger partial charge in [0.25, 0.3) is 0 Å². The number of hydrogen-bond acceptors (Lipinski definition) is 6. The third-order valence-electron chi connectivity index (χ3n) is 8.07. The third kappa shape index (κ3) is 8.33. The van der Waals surface area contributed by atoms with Gasteiger partial charge in [-0.2, -0.15) is 10.2 Å². The molecule has 6 nitrogen and oxygen atoms in total. The van der Waals surface area contributed by atoms with Crippen molar-refractivity contribution in [2.75, 3.05) is 13.3 Å². The van der Waals surface area contributed by atoms with Crippen molar-refractivity contribution in [3.05, 3.63) is 175 Å². The van der Waals surface area contributed by atoms with Gasteiger partial charge in [-0.25, -0.2) is 0 Å². The maximum absolute atomic E-state index is 5.88. The number of rotatable bonds is 10. The Morgan fingerprint density at radius 2 is 0.980 bits per heavy atom. The molecule has 2 N–H and O–H groups in total. The van der Waals surface area contributed by atoms with Gasteiger partial charge in [0.05, 0.1) is 0 Å². The van der Waals surface area contributed by atoms with Gasteiger partial charge in [-0.05, 0) is 52.3 Å². The van der Waals surface area contributed by atoms with Crippen molar-refractivity contribution in [3.8, 4) is 0 Å². The summed E-state index contributed by atoms with van der Waals surface area (Å²) >= 11 is 11.2. The Hall–Kier alpha value is -4.75. The Bertz CT molecular complexity index is 2030. The van der Waals surface area contributed by atoms with E-state index in [1.165, 1.54) is 15.9 Å². The number of hydrogen-bond donors (Lipinski definition) is 2. The normalized spacial score (nSPS) is 12.7. The molecule has 0 saturated carbocycles. The molecule has 0 bridgehead atoms. The van der Waals surface area contributed by atoms with Crippen LogP contribution in [-0.4, -0.2) is 35.1 Å². The smallest absolute Gasteiger partial charge is 0.741 e. The summed E-state index contributed by atoms with van der Waals surface area (Å²) in [6.45, 7) is 0. The Morgan fingerprint density at radius 3 is 1.54 bits per heavy atom. The molecule has 6 aromatic rings. The monoisotopic (exact) mass is 756 g/mol. The van der Waals surface area contributed by atoms with Crippen molar-refractivity contribution in [2.45, 2.75) is 0 Å². The number of nitrogens with one attached hydrogen (secondary N) is 2. The SMILES string of the molecule is CN/C([S-])=N/N=C(/C(=N/N=C(\[S-])NC[P+](c1ccccc1)(c1ccccc1)c1ccccc1)c1ccccc1)c1cccc2ccccc12.[Cu+2]. The van der Waals surface area contributed by atoms with Crippen molar-refractivity contribution in [1.29, 1.82) is 0 Å². The van der Waals surface area contributed by atoms with Gasteiger partial charge < -0.3 is 35.9 Å². The number of amidine groups is 2. The van der Waals surface area contributed by atoms with Crippen LogP contribution in [0.3, 0.4) is 0 Å². The Morgan fingerprint density at radius 1 is 0.520 bits per heavy atom. The van der Waals surface area contributed by atoms with Crippen LogP contribution in [0, 0.1) is 0 Å². The molecule has 0 aromatic heterocycles. The average Bonchev–Trinajstić information content (AvgIpc) is 3.17. The quantitative estimate of drug-likeness (QED) is 0.0418. The zero-order valence-electron chi connectivity index (χ0n) is 27.1. The van der Waals surface area contributed by atoms with Crippen LogP contribution >= 0.6 is 7.26 Å². The molecule has 0 aliphatic rings. The largest absolute Gasteiger partial charge is 2.00 e. The summed E-state index contributed by atoms with van der Waals surface area (Å²) in [5, 5.41) is 31.1. The van der Waals surface area contributed by atoms with Crippen LogP contribution in [0.25, 0.3) is 10.8 Å². The fourth-order valence-electron chi connectivity index (χ4n) is 5.73. The fourth-order valence-corrected chi connectivity index (χ4v) is 9.86. The molecule has 0 atom stereocenters. The van der Waals surface area contributed by atoms with E-state index in [2.05, 4.69) is 117 Å². The van der Waals surface area contributed by atoms with E-state index in [-0.39, 0.29) is 27.4 Å². The third-order valence-corrected chi connectivity index (χ3v) is 12.8. The standard InChI is InChI=1S/C40H35N6PS2.Cu/c1-41-39(48)45-44-38(36-28-16-20-30-17-14-15-27-35(30)36)37(31-18-6-2-7-19-31)43-46-40(49)42-29-47(32-21-8-3-9-22-32,33-23-10-4-11-24-33)34-25-12-5-13-26-34;/h2-28H,29H2,1H3,(H3-,41,42,43,44,45,46,48,49);/q;+2/p-1. The molecule has 0 saturated heterocycles. The van der Waals surface area contributed by atoms with Gasteiger partial charge in [-0.15, -0.1) is 10.2 Å². The van der Waals surface area contributed by atoms with Gasteiger partial charge in [0.2, 0.25) is 0 Å². The van der Waals surface area contributed by atoms with Crippen LogP contribution in [0.4, 0.5) is 0 Å².